The summed E-state index contributed by atoms with van der Waals surface area (Å²) in [6.45, 7) is 1.61. The predicted molar refractivity (Wildman–Crippen MR) is 78.7 cm³/mol. The van der Waals surface area contributed by atoms with Gasteiger partial charge in [0.15, 0.2) is 0 Å². The third-order valence-electron chi connectivity index (χ3n) is 3.89. The van der Waals surface area contributed by atoms with Crippen LogP contribution in [0.5, 0.6) is 0 Å². The molecule has 0 aliphatic carbocycles. The molecule has 1 atom stereocenters. The zero-order valence-electron chi connectivity index (χ0n) is 10.8. The van der Waals surface area contributed by atoms with Gasteiger partial charge in [-0.2, -0.15) is 4.31 Å². The summed E-state index contributed by atoms with van der Waals surface area (Å²) in [5.74, 6) is 0. The van der Waals surface area contributed by atoms with Crippen LogP contribution in [-0.4, -0.2) is 37.7 Å². The Morgan fingerprint density at radius 3 is 2.80 bits per heavy atom. The normalized spacial score (nSPS) is 23.8. The quantitative estimate of drug-likeness (QED) is 0.834. The molecule has 2 aliphatic heterocycles. The fourth-order valence-corrected chi connectivity index (χ4v) is 5.07. The van der Waals surface area contributed by atoms with Crippen LogP contribution in [0.15, 0.2) is 12.1 Å². The molecule has 2 heterocycles. The molecule has 0 radical (unpaired) electrons. The van der Waals surface area contributed by atoms with E-state index in [4.69, 9.17) is 27.9 Å². The van der Waals surface area contributed by atoms with E-state index in [-0.39, 0.29) is 0 Å². The van der Waals surface area contributed by atoms with Crippen LogP contribution in [0.3, 0.4) is 0 Å². The van der Waals surface area contributed by atoms with Crippen LogP contribution in [0, 0.1) is 0 Å². The number of sulfonamides is 1. The molecular weight excluding hydrogens is 321 g/mol. The van der Waals surface area contributed by atoms with E-state index in [0.717, 1.165) is 11.1 Å². The molecule has 0 unspecified atom stereocenters. The highest BCUT2D eigenvalue weighted by Crippen LogP contribution is 2.32. The molecule has 7 heteroatoms. The lowest BCUT2D eigenvalue weighted by molar-refractivity contribution is 0.197. The van der Waals surface area contributed by atoms with Gasteiger partial charge in [-0.05, 0) is 36.1 Å². The summed E-state index contributed by atoms with van der Waals surface area (Å²) in [4.78, 5) is 0. The number of hydrogen-bond acceptors (Lipinski definition) is 3. The Bertz CT molecular complexity index is 627. The summed E-state index contributed by atoms with van der Waals surface area (Å²) in [6.07, 6.45) is 1.21. The van der Waals surface area contributed by atoms with Crippen LogP contribution in [0.1, 0.15) is 17.5 Å². The van der Waals surface area contributed by atoms with Crippen molar-refractivity contribution in [2.24, 2.45) is 0 Å². The molecule has 0 spiro atoms. The molecule has 0 N–H and O–H groups in total. The van der Waals surface area contributed by atoms with Gasteiger partial charge in [-0.1, -0.05) is 23.2 Å². The highest BCUT2D eigenvalue weighted by molar-refractivity contribution is 7.89. The van der Waals surface area contributed by atoms with E-state index in [0.29, 0.717) is 49.2 Å². The molecular formula is C13H15Cl2NO3S. The Morgan fingerprint density at radius 1 is 1.30 bits per heavy atom. The van der Waals surface area contributed by atoms with Crippen molar-refractivity contribution in [1.29, 1.82) is 0 Å². The van der Waals surface area contributed by atoms with Crippen molar-refractivity contribution in [3.63, 3.8) is 0 Å². The maximum absolute atomic E-state index is 12.6. The standard InChI is InChI=1S/C13H15Cl2NO3S/c14-10-5-9-1-3-16(7-12(9)13(15)6-10)20(17,18)11-2-4-19-8-11/h5-6,11H,1-4,7-8H2/t11-/m1/s1. The lowest BCUT2D eigenvalue weighted by atomic mass is 10.0. The number of hydrogen-bond donors (Lipinski definition) is 0. The first-order valence-corrected chi connectivity index (χ1v) is 8.78. The minimum absolute atomic E-state index is 0.292. The van der Waals surface area contributed by atoms with Gasteiger partial charge in [0.05, 0.1) is 6.61 Å². The van der Waals surface area contributed by atoms with Crippen molar-refractivity contribution >= 4 is 33.2 Å². The second-order valence-electron chi connectivity index (χ2n) is 5.14. The average Bonchev–Trinajstić information content (AvgIpc) is 2.92. The van der Waals surface area contributed by atoms with Gasteiger partial charge in [-0.25, -0.2) is 8.42 Å². The number of nitrogens with zero attached hydrogens (tertiary/aromatic N) is 1. The van der Waals surface area contributed by atoms with E-state index in [9.17, 15) is 8.42 Å². The van der Waals surface area contributed by atoms with Gasteiger partial charge in [0, 0.05) is 29.7 Å². The fourth-order valence-electron chi connectivity index (χ4n) is 2.73. The van der Waals surface area contributed by atoms with Gasteiger partial charge in [0.25, 0.3) is 0 Å². The Morgan fingerprint density at radius 2 is 2.10 bits per heavy atom. The third-order valence-corrected chi connectivity index (χ3v) is 6.69. The molecule has 0 amide bonds. The largest absolute Gasteiger partial charge is 0.380 e. The van der Waals surface area contributed by atoms with E-state index in [2.05, 4.69) is 0 Å². The molecule has 0 saturated carbocycles. The van der Waals surface area contributed by atoms with Gasteiger partial charge in [0.1, 0.15) is 5.25 Å². The summed E-state index contributed by atoms with van der Waals surface area (Å²) in [7, 11) is -3.31. The van der Waals surface area contributed by atoms with Crippen molar-refractivity contribution in [2.75, 3.05) is 19.8 Å². The molecule has 2 aliphatic rings. The summed E-state index contributed by atoms with van der Waals surface area (Å²) in [5.41, 5.74) is 1.90. The van der Waals surface area contributed by atoms with Crippen molar-refractivity contribution in [1.82, 2.24) is 4.31 Å². The average molecular weight is 336 g/mol. The van der Waals surface area contributed by atoms with Gasteiger partial charge in [0.2, 0.25) is 10.0 Å². The first-order valence-electron chi connectivity index (χ1n) is 6.52. The summed E-state index contributed by atoms with van der Waals surface area (Å²) < 4.78 is 31.8. The van der Waals surface area contributed by atoms with Crippen LogP contribution in [0.4, 0.5) is 0 Å². The maximum atomic E-state index is 12.6. The van der Waals surface area contributed by atoms with E-state index in [1.165, 1.54) is 4.31 Å². The molecule has 1 aromatic rings. The van der Waals surface area contributed by atoms with Gasteiger partial charge >= 0.3 is 0 Å². The van der Waals surface area contributed by atoms with Crippen molar-refractivity contribution in [3.05, 3.63) is 33.3 Å². The molecule has 110 valence electrons. The number of benzene rings is 1. The fraction of sp³-hybridized carbons (Fsp3) is 0.538. The van der Waals surface area contributed by atoms with Crippen molar-refractivity contribution in [2.45, 2.75) is 24.6 Å². The Labute approximate surface area is 128 Å². The monoisotopic (exact) mass is 335 g/mol. The second-order valence-corrected chi connectivity index (χ2v) is 8.20. The molecule has 0 aromatic heterocycles. The van der Waals surface area contributed by atoms with Gasteiger partial charge in [-0.15, -0.1) is 0 Å². The van der Waals surface area contributed by atoms with E-state index >= 15 is 0 Å². The van der Waals surface area contributed by atoms with Gasteiger partial charge < -0.3 is 4.74 Å². The Kier molecular flexibility index (Phi) is 3.99. The zero-order chi connectivity index (χ0) is 14.3. The Balaban J connectivity index is 1.88. The minimum atomic E-state index is -3.31. The predicted octanol–water partition coefficient (Wildman–Crippen LogP) is 2.47. The van der Waals surface area contributed by atoms with E-state index in [1.54, 1.807) is 6.07 Å². The maximum Gasteiger partial charge on any atom is 0.219 e. The first kappa shape index (κ1) is 14.6. The van der Waals surface area contributed by atoms with Crippen LogP contribution >= 0.6 is 23.2 Å². The molecule has 20 heavy (non-hydrogen) atoms. The lowest BCUT2D eigenvalue weighted by Crippen LogP contribution is -2.42. The van der Waals surface area contributed by atoms with Gasteiger partial charge in [-0.3, -0.25) is 0 Å². The third kappa shape index (κ3) is 2.57. The van der Waals surface area contributed by atoms with Crippen LogP contribution < -0.4 is 0 Å². The molecule has 1 saturated heterocycles. The first-order chi connectivity index (χ1) is 9.48. The second kappa shape index (κ2) is 5.46. The van der Waals surface area contributed by atoms with Crippen LogP contribution in [0.2, 0.25) is 10.0 Å². The molecule has 4 nitrogen and oxygen atoms in total. The van der Waals surface area contributed by atoms with E-state index < -0.39 is 15.3 Å². The minimum Gasteiger partial charge on any atom is -0.380 e. The lowest BCUT2D eigenvalue weighted by Gasteiger charge is -2.30. The molecule has 1 fully saturated rings. The molecule has 1 aromatic carbocycles. The number of halogens is 2. The number of rotatable bonds is 2. The Hall–Kier alpha value is -0.330. The van der Waals surface area contributed by atoms with Crippen LogP contribution in [-0.2, 0) is 27.7 Å². The van der Waals surface area contributed by atoms with E-state index in [1.807, 2.05) is 6.07 Å². The smallest absolute Gasteiger partial charge is 0.219 e. The van der Waals surface area contributed by atoms with Crippen molar-refractivity contribution in [3.8, 4) is 0 Å². The topological polar surface area (TPSA) is 46.6 Å². The van der Waals surface area contributed by atoms with Crippen molar-refractivity contribution < 1.29 is 13.2 Å². The highest BCUT2D eigenvalue weighted by atomic mass is 35.5. The SMILES string of the molecule is O=S(=O)([C@@H]1CCOC1)N1CCc2cc(Cl)cc(Cl)c2C1. The summed E-state index contributed by atoms with van der Waals surface area (Å²) in [6, 6.07) is 3.53. The summed E-state index contributed by atoms with van der Waals surface area (Å²) in [5, 5.41) is 0.708. The molecule has 0 bridgehead atoms. The molecule has 3 rings (SSSR count). The number of fused-ring (bicyclic) bond motifs is 1. The van der Waals surface area contributed by atoms with Crippen LogP contribution in [0.25, 0.3) is 0 Å². The number of ether oxygens (including phenoxy) is 1. The highest BCUT2D eigenvalue weighted by Gasteiger charge is 2.36. The zero-order valence-corrected chi connectivity index (χ0v) is 13.1. The summed E-state index contributed by atoms with van der Waals surface area (Å²) >= 11 is 12.2.